The van der Waals surface area contributed by atoms with E-state index in [0.29, 0.717) is 29.2 Å². The smallest absolute Gasteiger partial charge is 0.315 e. The van der Waals surface area contributed by atoms with E-state index < -0.39 is 11.6 Å². The van der Waals surface area contributed by atoms with Gasteiger partial charge in [-0.15, -0.1) is 0 Å². The lowest BCUT2D eigenvalue weighted by molar-refractivity contribution is 0.0579. The van der Waals surface area contributed by atoms with Crippen LogP contribution in [0.5, 0.6) is 0 Å². The number of hydrogen-bond acceptors (Lipinski definition) is 4. The van der Waals surface area contributed by atoms with E-state index in [2.05, 4.69) is 16.7 Å². The lowest BCUT2D eigenvalue weighted by Crippen LogP contribution is -2.43. The van der Waals surface area contributed by atoms with Crippen LogP contribution in [-0.2, 0) is 12.1 Å². The molecule has 6 nitrogen and oxygen atoms in total. The van der Waals surface area contributed by atoms with Crippen molar-refractivity contribution in [3.63, 3.8) is 0 Å². The first kappa shape index (κ1) is 17.6. The molecule has 2 amide bonds. The number of nitriles is 1. The highest BCUT2D eigenvalue weighted by molar-refractivity contribution is 5.74. The summed E-state index contributed by atoms with van der Waals surface area (Å²) in [7, 11) is 0. The number of carbonyl (C=O) groups is 1. The van der Waals surface area contributed by atoms with E-state index in [1.807, 2.05) is 13.0 Å². The number of nitrogens with one attached hydrogen (secondary N) is 2. The predicted octanol–water partition coefficient (Wildman–Crippen LogP) is 2.48. The molecule has 2 rings (SSSR count). The summed E-state index contributed by atoms with van der Waals surface area (Å²) in [6, 6.07) is 10.4. The maximum Gasteiger partial charge on any atom is 0.315 e. The number of urea groups is 1. The third kappa shape index (κ3) is 4.37. The van der Waals surface area contributed by atoms with Gasteiger partial charge in [-0.05, 0) is 44.5 Å². The Balaban J connectivity index is 1.88. The quantitative estimate of drug-likeness (QED) is 0.785. The summed E-state index contributed by atoms with van der Waals surface area (Å²) in [5.74, 6) is 1.35. The van der Waals surface area contributed by atoms with Crippen LogP contribution in [0, 0.1) is 25.2 Å². The van der Waals surface area contributed by atoms with Gasteiger partial charge in [0.15, 0.2) is 0 Å². The first-order valence-electron chi connectivity index (χ1n) is 7.62. The molecule has 0 radical (unpaired) electrons. The highest BCUT2D eigenvalue weighted by Gasteiger charge is 2.28. The van der Waals surface area contributed by atoms with Crippen LogP contribution in [0.1, 0.15) is 35.1 Å². The molecule has 0 fully saturated rings. The molecule has 1 aromatic heterocycles. The second kappa shape index (κ2) is 7.20. The van der Waals surface area contributed by atoms with Crippen LogP contribution in [0.15, 0.2) is 34.7 Å². The van der Waals surface area contributed by atoms with E-state index in [1.165, 1.54) is 0 Å². The lowest BCUT2D eigenvalue weighted by atomic mass is 9.96. The van der Waals surface area contributed by atoms with E-state index in [0.717, 1.165) is 5.56 Å². The second-order valence-electron chi connectivity index (χ2n) is 5.95. The van der Waals surface area contributed by atoms with Gasteiger partial charge in [-0.25, -0.2) is 4.79 Å². The molecule has 0 saturated heterocycles. The van der Waals surface area contributed by atoms with Crippen LogP contribution < -0.4 is 10.6 Å². The van der Waals surface area contributed by atoms with Crippen molar-refractivity contribution in [3.05, 3.63) is 58.5 Å². The van der Waals surface area contributed by atoms with Gasteiger partial charge < -0.3 is 20.2 Å². The van der Waals surface area contributed by atoms with Gasteiger partial charge in [-0.3, -0.25) is 0 Å². The highest BCUT2D eigenvalue weighted by atomic mass is 16.3. The normalized spacial score (nSPS) is 13.0. The van der Waals surface area contributed by atoms with Crippen molar-refractivity contribution in [2.45, 2.75) is 32.9 Å². The van der Waals surface area contributed by atoms with Crippen molar-refractivity contribution in [1.29, 1.82) is 5.26 Å². The minimum absolute atomic E-state index is 0.0525. The number of carbonyl (C=O) groups excluding carboxylic acids is 1. The largest absolute Gasteiger partial charge is 0.466 e. The van der Waals surface area contributed by atoms with Crippen LogP contribution in [0.3, 0.4) is 0 Å². The van der Waals surface area contributed by atoms with E-state index >= 15 is 0 Å². The summed E-state index contributed by atoms with van der Waals surface area (Å²) >= 11 is 0. The van der Waals surface area contributed by atoms with Gasteiger partial charge in [0.05, 0.1) is 18.2 Å². The van der Waals surface area contributed by atoms with Gasteiger partial charge in [0, 0.05) is 12.1 Å². The van der Waals surface area contributed by atoms with Crippen LogP contribution in [0.25, 0.3) is 0 Å². The van der Waals surface area contributed by atoms with Crippen LogP contribution in [0.4, 0.5) is 4.79 Å². The number of amides is 2. The average Bonchev–Trinajstić information content (AvgIpc) is 2.90. The average molecular weight is 327 g/mol. The van der Waals surface area contributed by atoms with Gasteiger partial charge in [-0.2, -0.15) is 5.26 Å². The monoisotopic (exact) mass is 327 g/mol. The molecule has 1 unspecified atom stereocenters. The van der Waals surface area contributed by atoms with Gasteiger partial charge in [0.25, 0.3) is 0 Å². The second-order valence-corrected chi connectivity index (χ2v) is 5.95. The number of furan rings is 1. The number of rotatable bonds is 5. The highest BCUT2D eigenvalue weighted by Crippen LogP contribution is 2.26. The first-order chi connectivity index (χ1) is 11.3. The number of aliphatic hydroxyl groups is 1. The molecule has 0 aliphatic heterocycles. The Bertz CT molecular complexity index is 772. The number of aryl methyl sites for hydroxylation is 2. The number of benzene rings is 1. The third-order valence-corrected chi connectivity index (χ3v) is 3.72. The molecule has 126 valence electrons. The minimum atomic E-state index is -1.22. The van der Waals surface area contributed by atoms with Crippen LogP contribution >= 0.6 is 0 Å². The zero-order valence-corrected chi connectivity index (χ0v) is 14.0. The summed E-state index contributed by atoms with van der Waals surface area (Å²) < 4.78 is 5.42. The van der Waals surface area contributed by atoms with E-state index in [-0.39, 0.29) is 6.54 Å². The Hall–Kier alpha value is -2.78. The molecular formula is C18H21N3O3. The van der Waals surface area contributed by atoms with Crippen molar-refractivity contribution in [2.24, 2.45) is 0 Å². The third-order valence-electron chi connectivity index (χ3n) is 3.72. The molecule has 2 aromatic rings. The zero-order valence-electron chi connectivity index (χ0n) is 14.0. The Morgan fingerprint density at radius 3 is 2.71 bits per heavy atom. The minimum Gasteiger partial charge on any atom is -0.466 e. The molecule has 0 saturated carbocycles. The maximum absolute atomic E-state index is 11.9. The Labute approximate surface area is 141 Å². The van der Waals surface area contributed by atoms with Crippen LogP contribution in [-0.4, -0.2) is 17.7 Å². The maximum atomic E-state index is 11.9. The fraction of sp³-hybridized carbons (Fsp3) is 0.333. The molecule has 1 aromatic carbocycles. The molecule has 0 aliphatic carbocycles. The van der Waals surface area contributed by atoms with Crippen molar-refractivity contribution in [1.82, 2.24) is 10.6 Å². The number of hydrogen-bond donors (Lipinski definition) is 3. The molecule has 1 atom stereocenters. The summed E-state index contributed by atoms with van der Waals surface area (Å²) in [6.07, 6.45) is 0. The van der Waals surface area contributed by atoms with E-state index in [1.54, 1.807) is 38.1 Å². The molecular weight excluding hydrogens is 306 g/mol. The topological polar surface area (TPSA) is 98.3 Å². The molecule has 0 spiro atoms. The molecule has 0 aliphatic rings. The predicted molar refractivity (Wildman–Crippen MR) is 89.1 cm³/mol. The molecule has 3 N–H and O–H groups in total. The Morgan fingerprint density at radius 1 is 1.33 bits per heavy atom. The summed E-state index contributed by atoms with van der Waals surface area (Å²) in [5, 5.41) is 24.8. The van der Waals surface area contributed by atoms with E-state index in [4.69, 9.17) is 9.68 Å². The first-order valence-corrected chi connectivity index (χ1v) is 7.62. The summed E-state index contributed by atoms with van der Waals surface area (Å²) in [6.45, 7) is 5.56. The Kier molecular flexibility index (Phi) is 5.27. The van der Waals surface area contributed by atoms with Crippen LogP contribution in [0.2, 0.25) is 0 Å². The number of nitrogens with zero attached hydrogens (tertiary/aromatic N) is 1. The van der Waals surface area contributed by atoms with E-state index in [9.17, 15) is 9.90 Å². The molecule has 0 bridgehead atoms. The Morgan fingerprint density at radius 2 is 2.08 bits per heavy atom. The van der Waals surface area contributed by atoms with Gasteiger partial charge in [0.2, 0.25) is 0 Å². The van der Waals surface area contributed by atoms with Gasteiger partial charge >= 0.3 is 6.03 Å². The van der Waals surface area contributed by atoms with Crippen molar-refractivity contribution in [2.75, 3.05) is 6.54 Å². The van der Waals surface area contributed by atoms with Gasteiger partial charge in [-0.1, -0.05) is 12.1 Å². The standard InChI is InChI=1S/C18H21N3O3/c1-12-7-16(13(2)24-12)18(3,23)11-21-17(22)20-10-15-6-4-5-14(8-15)9-19/h4-8,23H,10-11H2,1-3H3,(H2,20,21,22). The van der Waals surface area contributed by atoms with Crippen molar-refractivity contribution in [3.8, 4) is 6.07 Å². The zero-order chi connectivity index (χ0) is 17.7. The molecule has 1 heterocycles. The van der Waals surface area contributed by atoms with Crippen molar-refractivity contribution < 1.29 is 14.3 Å². The van der Waals surface area contributed by atoms with Crippen molar-refractivity contribution >= 4 is 6.03 Å². The molecule has 24 heavy (non-hydrogen) atoms. The lowest BCUT2D eigenvalue weighted by Gasteiger charge is -2.23. The van der Waals surface area contributed by atoms with Gasteiger partial charge in [0.1, 0.15) is 17.1 Å². The SMILES string of the molecule is Cc1cc(C(C)(O)CNC(=O)NCc2cccc(C#N)c2)c(C)o1. The molecule has 6 heteroatoms. The summed E-state index contributed by atoms with van der Waals surface area (Å²) in [4.78, 5) is 11.9. The fourth-order valence-corrected chi connectivity index (χ4v) is 2.51. The fourth-order valence-electron chi connectivity index (χ4n) is 2.51. The summed E-state index contributed by atoms with van der Waals surface area (Å²) in [5.41, 5.74) is 0.808.